The van der Waals surface area contributed by atoms with Gasteiger partial charge in [0.05, 0.1) is 19.0 Å². The van der Waals surface area contributed by atoms with Crippen molar-refractivity contribution in [2.75, 3.05) is 26.9 Å². The molecule has 0 amide bonds. The van der Waals surface area contributed by atoms with Crippen LogP contribution in [-0.4, -0.2) is 42.7 Å². The molecule has 1 aromatic rings. The number of methoxy groups -OCH3 is 1. The third kappa shape index (κ3) is 4.80. The highest BCUT2D eigenvalue weighted by molar-refractivity contribution is 5.11. The van der Waals surface area contributed by atoms with E-state index >= 15 is 0 Å². The van der Waals surface area contributed by atoms with Crippen molar-refractivity contribution in [3.05, 3.63) is 12.4 Å². The smallest absolute Gasteiger partial charge is 0.157 e. The van der Waals surface area contributed by atoms with Crippen LogP contribution in [-0.2, 0) is 11.8 Å². The Hall–Kier alpha value is -1.07. The number of ether oxygens (including phenoxy) is 2. The van der Waals surface area contributed by atoms with Gasteiger partial charge in [-0.05, 0) is 6.92 Å². The summed E-state index contributed by atoms with van der Waals surface area (Å²) in [6.45, 7) is 4.24. The highest BCUT2D eigenvalue weighted by Gasteiger charge is 2.00. The molecule has 1 heterocycles. The number of rotatable bonds is 7. The lowest BCUT2D eigenvalue weighted by atomic mass is 10.3. The normalized spacial score (nSPS) is 12.7. The fraction of sp³-hybridized carbons (Fsp3) is 0.700. The van der Waals surface area contributed by atoms with Gasteiger partial charge in [-0.15, -0.1) is 0 Å². The molecule has 0 fully saturated rings. The minimum atomic E-state index is 0.354. The molecule has 0 spiro atoms. The molecular weight excluding hydrogens is 194 g/mol. The van der Waals surface area contributed by atoms with E-state index < -0.39 is 0 Å². The van der Waals surface area contributed by atoms with E-state index in [0.29, 0.717) is 19.3 Å². The topological polar surface area (TPSA) is 48.3 Å². The number of nitrogens with one attached hydrogen (secondary N) is 1. The molecule has 0 bridgehead atoms. The molecule has 86 valence electrons. The maximum Gasteiger partial charge on any atom is 0.157 e. The fourth-order valence-corrected chi connectivity index (χ4v) is 1.26. The lowest BCUT2D eigenvalue weighted by Crippen LogP contribution is -2.33. The van der Waals surface area contributed by atoms with Crippen molar-refractivity contribution in [2.24, 2.45) is 7.05 Å². The lowest BCUT2D eigenvalue weighted by molar-refractivity contribution is 0.169. The molecule has 0 saturated carbocycles. The van der Waals surface area contributed by atoms with Crippen LogP contribution in [0, 0.1) is 0 Å². The van der Waals surface area contributed by atoms with E-state index in [0.717, 1.165) is 12.3 Å². The van der Waals surface area contributed by atoms with Crippen LogP contribution in [0.5, 0.6) is 5.75 Å². The summed E-state index contributed by atoms with van der Waals surface area (Å²) < 4.78 is 12.2. The number of hydrogen-bond acceptors (Lipinski definition) is 4. The molecule has 15 heavy (non-hydrogen) atoms. The zero-order chi connectivity index (χ0) is 11.1. The van der Waals surface area contributed by atoms with Gasteiger partial charge < -0.3 is 14.8 Å². The molecule has 1 aromatic heterocycles. The Morgan fingerprint density at radius 1 is 1.60 bits per heavy atom. The van der Waals surface area contributed by atoms with E-state index in [4.69, 9.17) is 9.47 Å². The molecule has 0 saturated heterocycles. The molecule has 0 radical (unpaired) electrons. The Labute approximate surface area is 90.4 Å². The van der Waals surface area contributed by atoms with Crippen molar-refractivity contribution >= 4 is 0 Å². The molecule has 1 unspecified atom stereocenters. The molecule has 0 aromatic carbocycles. The first kappa shape index (κ1) is 12.0. The van der Waals surface area contributed by atoms with Crippen LogP contribution in [0.1, 0.15) is 6.92 Å². The maximum atomic E-state index is 5.47. The summed E-state index contributed by atoms with van der Waals surface area (Å²) >= 11 is 0. The van der Waals surface area contributed by atoms with Gasteiger partial charge in [-0.1, -0.05) is 0 Å². The van der Waals surface area contributed by atoms with E-state index in [2.05, 4.69) is 17.3 Å². The van der Waals surface area contributed by atoms with Crippen molar-refractivity contribution in [3.8, 4) is 5.75 Å². The van der Waals surface area contributed by atoms with Gasteiger partial charge in [0, 0.05) is 26.7 Å². The highest BCUT2D eigenvalue weighted by atomic mass is 16.5. The third-order valence-electron chi connectivity index (χ3n) is 1.96. The zero-order valence-corrected chi connectivity index (χ0v) is 9.56. The number of aryl methyl sites for hydroxylation is 1. The summed E-state index contributed by atoms with van der Waals surface area (Å²) in [5.41, 5.74) is 0. The minimum absolute atomic E-state index is 0.354. The SMILES string of the molecule is COCC(C)NCCOc1cnn(C)c1. The van der Waals surface area contributed by atoms with Gasteiger partial charge >= 0.3 is 0 Å². The molecule has 5 heteroatoms. The summed E-state index contributed by atoms with van der Waals surface area (Å²) in [6.07, 6.45) is 3.55. The predicted molar refractivity (Wildman–Crippen MR) is 58.0 cm³/mol. The molecule has 0 aliphatic carbocycles. The van der Waals surface area contributed by atoms with Crippen molar-refractivity contribution in [3.63, 3.8) is 0 Å². The Bertz CT molecular complexity index is 275. The third-order valence-corrected chi connectivity index (χ3v) is 1.96. The Kier molecular flexibility index (Phi) is 5.14. The first-order valence-corrected chi connectivity index (χ1v) is 5.06. The van der Waals surface area contributed by atoms with Crippen LogP contribution in [0.25, 0.3) is 0 Å². The van der Waals surface area contributed by atoms with Crippen molar-refractivity contribution < 1.29 is 9.47 Å². The highest BCUT2D eigenvalue weighted by Crippen LogP contribution is 2.05. The van der Waals surface area contributed by atoms with Crippen molar-refractivity contribution in [2.45, 2.75) is 13.0 Å². The molecule has 0 aliphatic rings. The Morgan fingerprint density at radius 2 is 2.40 bits per heavy atom. The van der Waals surface area contributed by atoms with Crippen LogP contribution in [0.2, 0.25) is 0 Å². The maximum absolute atomic E-state index is 5.47. The fourth-order valence-electron chi connectivity index (χ4n) is 1.26. The van der Waals surface area contributed by atoms with Gasteiger partial charge in [-0.25, -0.2) is 0 Å². The molecule has 1 rings (SSSR count). The number of aromatic nitrogens is 2. The van der Waals surface area contributed by atoms with Gasteiger partial charge in [-0.3, -0.25) is 4.68 Å². The Morgan fingerprint density at radius 3 is 3.00 bits per heavy atom. The zero-order valence-electron chi connectivity index (χ0n) is 9.56. The minimum Gasteiger partial charge on any atom is -0.489 e. The molecule has 1 N–H and O–H groups in total. The average molecular weight is 213 g/mol. The van der Waals surface area contributed by atoms with Crippen LogP contribution >= 0.6 is 0 Å². The van der Waals surface area contributed by atoms with Gasteiger partial charge in [0.25, 0.3) is 0 Å². The predicted octanol–water partition coefficient (Wildman–Crippen LogP) is 0.423. The van der Waals surface area contributed by atoms with Gasteiger partial charge in [0.1, 0.15) is 6.61 Å². The second-order valence-corrected chi connectivity index (χ2v) is 3.51. The molecular formula is C10H19N3O2. The van der Waals surface area contributed by atoms with E-state index in [1.165, 1.54) is 0 Å². The summed E-state index contributed by atoms with van der Waals surface area (Å²) in [4.78, 5) is 0. The second-order valence-electron chi connectivity index (χ2n) is 3.51. The molecule has 5 nitrogen and oxygen atoms in total. The quantitative estimate of drug-likeness (QED) is 0.667. The van der Waals surface area contributed by atoms with Crippen molar-refractivity contribution in [1.82, 2.24) is 15.1 Å². The van der Waals surface area contributed by atoms with E-state index in [9.17, 15) is 0 Å². The summed E-state index contributed by atoms with van der Waals surface area (Å²) in [7, 11) is 3.57. The van der Waals surface area contributed by atoms with Crippen LogP contribution in [0.4, 0.5) is 0 Å². The summed E-state index contributed by atoms with van der Waals surface area (Å²) in [6, 6.07) is 0.354. The Balaban J connectivity index is 2.06. The second kappa shape index (κ2) is 6.42. The van der Waals surface area contributed by atoms with Gasteiger partial charge in [0.15, 0.2) is 5.75 Å². The largest absolute Gasteiger partial charge is 0.489 e. The average Bonchev–Trinajstić information content (AvgIpc) is 2.60. The number of nitrogens with zero attached hydrogens (tertiary/aromatic N) is 2. The lowest BCUT2D eigenvalue weighted by Gasteiger charge is -2.12. The van der Waals surface area contributed by atoms with E-state index in [1.807, 2.05) is 13.2 Å². The molecule has 1 atom stereocenters. The van der Waals surface area contributed by atoms with Gasteiger partial charge in [-0.2, -0.15) is 5.10 Å². The first-order valence-electron chi connectivity index (χ1n) is 5.06. The van der Waals surface area contributed by atoms with Gasteiger partial charge in [0.2, 0.25) is 0 Å². The van der Waals surface area contributed by atoms with E-state index in [1.54, 1.807) is 18.0 Å². The van der Waals surface area contributed by atoms with Crippen LogP contribution in [0.3, 0.4) is 0 Å². The summed E-state index contributed by atoms with van der Waals surface area (Å²) in [5.74, 6) is 0.804. The van der Waals surface area contributed by atoms with Crippen LogP contribution in [0.15, 0.2) is 12.4 Å². The molecule has 0 aliphatic heterocycles. The van der Waals surface area contributed by atoms with E-state index in [-0.39, 0.29) is 0 Å². The van der Waals surface area contributed by atoms with Crippen LogP contribution < -0.4 is 10.1 Å². The number of hydrogen-bond donors (Lipinski definition) is 1. The standard InChI is InChI=1S/C10H19N3O2/c1-9(8-14-3)11-4-5-15-10-6-12-13(2)7-10/h6-7,9,11H,4-5,8H2,1-3H3. The van der Waals surface area contributed by atoms with Crippen molar-refractivity contribution in [1.29, 1.82) is 0 Å². The summed E-state index contributed by atoms with van der Waals surface area (Å²) in [5, 5.41) is 7.29. The first-order chi connectivity index (χ1) is 7.22. The monoisotopic (exact) mass is 213 g/mol.